The molecule has 200 valence electrons. The van der Waals surface area contributed by atoms with Crippen molar-refractivity contribution in [2.24, 2.45) is 5.92 Å². The molecular weight excluding hydrogens is 468 g/mol. The first-order chi connectivity index (χ1) is 16.0. The van der Waals surface area contributed by atoms with Gasteiger partial charge >= 0.3 is 0 Å². The Balaban J connectivity index is 1.72. The van der Waals surface area contributed by atoms with Crippen molar-refractivity contribution in [3.05, 3.63) is 0 Å². The lowest BCUT2D eigenvalue weighted by molar-refractivity contribution is -0.376. The molecule has 15 heteroatoms. The standard InChI is InChI=1S/C19H34O15/c1-5-6(2-20)31-18(13(27)9(5)23)34-16-8(4-22)32-19(14(28)11(16)25)33-15-7(3-21)30-17(29)12(26)10(15)24/h5-29H,2-4H2,1H3. The Labute approximate surface area is 194 Å². The second kappa shape index (κ2) is 11.6. The van der Waals surface area contributed by atoms with Gasteiger partial charge in [-0.15, -0.1) is 0 Å². The molecule has 10 N–H and O–H groups in total. The Kier molecular flexibility index (Phi) is 9.57. The zero-order valence-corrected chi connectivity index (χ0v) is 18.3. The smallest absolute Gasteiger partial charge is 0.187 e. The van der Waals surface area contributed by atoms with Gasteiger partial charge in [0, 0.05) is 5.92 Å². The van der Waals surface area contributed by atoms with Crippen molar-refractivity contribution in [3.8, 4) is 0 Å². The van der Waals surface area contributed by atoms with Crippen LogP contribution in [0, 0.1) is 5.92 Å². The number of rotatable bonds is 7. The maximum absolute atomic E-state index is 10.7. The van der Waals surface area contributed by atoms with Crippen LogP contribution in [0.4, 0.5) is 0 Å². The average molecular weight is 502 g/mol. The number of ether oxygens (including phenoxy) is 5. The molecule has 0 radical (unpaired) electrons. The molecule has 15 nitrogen and oxygen atoms in total. The minimum atomic E-state index is -1.86. The van der Waals surface area contributed by atoms with Crippen molar-refractivity contribution >= 4 is 0 Å². The van der Waals surface area contributed by atoms with E-state index in [1.54, 1.807) is 6.92 Å². The largest absolute Gasteiger partial charge is 0.394 e. The molecule has 3 saturated heterocycles. The molecule has 0 aromatic rings. The summed E-state index contributed by atoms with van der Waals surface area (Å²) < 4.78 is 26.9. The van der Waals surface area contributed by atoms with Crippen molar-refractivity contribution < 1.29 is 74.7 Å². The molecule has 3 aliphatic rings. The lowest BCUT2D eigenvalue weighted by Gasteiger charge is -2.48. The average Bonchev–Trinajstić information content (AvgIpc) is 2.83. The second-order valence-corrected chi connectivity index (χ2v) is 8.70. The van der Waals surface area contributed by atoms with Crippen LogP contribution in [0.1, 0.15) is 6.92 Å². The van der Waals surface area contributed by atoms with Gasteiger partial charge in [0.2, 0.25) is 0 Å². The highest BCUT2D eigenvalue weighted by Gasteiger charge is 2.52. The zero-order chi connectivity index (χ0) is 25.3. The van der Waals surface area contributed by atoms with E-state index in [9.17, 15) is 51.1 Å². The first kappa shape index (κ1) is 28.0. The molecule has 0 amide bonds. The molecule has 15 atom stereocenters. The van der Waals surface area contributed by atoms with Gasteiger partial charge in [-0.05, 0) is 0 Å². The van der Waals surface area contributed by atoms with Gasteiger partial charge in [0.15, 0.2) is 18.9 Å². The summed E-state index contributed by atoms with van der Waals surface area (Å²) >= 11 is 0. The molecule has 0 spiro atoms. The Morgan fingerprint density at radius 2 is 0.941 bits per heavy atom. The van der Waals surface area contributed by atoms with E-state index in [2.05, 4.69) is 0 Å². The van der Waals surface area contributed by atoms with Crippen molar-refractivity contribution in [2.45, 2.75) is 92.9 Å². The Morgan fingerprint density at radius 3 is 1.44 bits per heavy atom. The maximum atomic E-state index is 10.7. The lowest BCUT2D eigenvalue weighted by atomic mass is 9.91. The highest BCUT2D eigenvalue weighted by Crippen LogP contribution is 2.33. The van der Waals surface area contributed by atoms with E-state index in [1.807, 2.05) is 0 Å². The van der Waals surface area contributed by atoms with Crippen LogP contribution < -0.4 is 0 Å². The van der Waals surface area contributed by atoms with E-state index in [0.717, 1.165) is 0 Å². The minimum Gasteiger partial charge on any atom is -0.394 e. The number of aliphatic hydroxyl groups is 10. The van der Waals surface area contributed by atoms with E-state index >= 15 is 0 Å². The van der Waals surface area contributed by atoms with Crippen LogP contribution in [0.15, 0.2) is 0 Å². The lowest BCUT2D eigenvalue weighted by Crippen LogP contribution is -2.66. The van der Waals surface area contributed by atoms with E-state index in [0.29, 0.717) is 0 Å². The third kappa shape index (κ3) is 5.39. The molecule has 15 unspecified atom stereocenters. The van der Waals surface area contributed by atoms with Gasteiger partial charge in [0.1, 0.15) is 54.9 Å². The topological polar surface area (TPSA) is 248 Å². The Hall–Kier alpha value is -0.600. The summed E-state index contributed by atoms with van der Waals surface area (Å²) in [7, 11) is 0. The summed E-state index contributed by atoms with van der Waals surface area (Å²) in [5, 5.41) is 100. The van der Waals surface area contributed by atoms with Crippen molar-refractivity contribution in [1.29, 1.82) is 0 Å². The summed E-state index contributed by atoms with van der Waals surface area (Å²) in [6.07, 6.45) is -21.8. The van der Waals surface area contributed by atoms with Gasteiger partial charge in [0.05, 0.1) is 32.0 Å². The molecule has 34 heavy (non-hydrogen) atoms. The maximum Gasteiger partial charge on any atom is 0.187 e. The van der Waals surface area contributed by atoms with Crippen molar-refractivity contribution in [3.63, 3.8) is 0 Å². The molecule has 3 rings (SSSR count). The molecule has 0 saturated carbocycles. The van der Waals surface area contributed by atoms with Crippen LogP contribution in [0.5, 0.6) is 0 Å². The summed E-state index contributed by atoms with van der Waals surface area (Å²) in [5.41, 5.74) is 0. The molecule has 0 aromatic carbocycles. The Bertz CT molecular complexity index is 635. The normalized spacial score (nSPS) is 52.5. The van der Waals surface area contributed by atoms with Crippen LogP contribution in [0.3, 0.4) is 0 Å². The zero-order valence-electron chi connectivity index (χ0n) is 18.3. The minimum absolute atomic E-state index is 0.491. The van der Waals surface area contributed by atoms with Crippen molar-refractivity contribution in [2.75, 3.05) is 19.8 Å². The first-order valence-electron chi connectivity index (χ1n) is 10.9. The molecule has 0 bridgehead atoms. The van der Waals surface area contributed by atoms with Gasteiger partial charge in [-0.3, -0.25) is 0 Å². The van der Waals surface area contributed by atoms with Crippen LogP contribution >= 0.6 is 0 Å². The Morgan fingerprint density at radius 1 is 0.529 bits per heavy atom. The van der Waals surface area contributed by atoms with Crippen LogP contribution in [0.2, 0.25) is 0 Å². The van der Waals surface area contributed by atoms with Gasteiger partial charge in [-0.1, -0.05) is 6.92 Å². The second-order valence-electron chi connectivity index (χ2n) is 8.70. The summed E-state index contributed by atoms with van der Waals surface area (Å²) in [5.74, 6) is -0.637. The summed E-state index contributed by atoms with van der Waals surface area (Å²) in [6.45, 7) is -0.455. The molecule has 3 fully saturated rings. The number of hydrogen-bond donors (Lipinski definition) is 10. The fourth-order valence-electron chi connectivity index (χ4n) is 4.27. The van der Waals surface area contributed by atoms with E-state index in [4.69, 9.17) is 23.7 Å². The van der Waals surface area contributed by atoms with Crippen LogP contribution in [0.25, 0.3) is 0 Å². The van der Waals surface area contributed by atoms with E-state index in [1.165, 1.54) is 0 Å². The third-order valence-electron chi connectivity index (χ3n) is 6.49. The quantitative estimate of drug-likeness (QED) is 0.155. The van der Waals surface area contributed by atoms with Gasteiger partial charge in [0.25, 0.3) is 0 Å². The fraction of sp³-hybridized carbons (Fsp3) is 1.00. The molecular formula is C19H34O15. The van der Waals surface area contributed by atoms with Crippen LogP contribution in [-0.2, 0) is 23.7 Å². The highest BCUT2D eigenvalue weighted by molar-refractivity contribution is 4.95. The predicted molar refractivity (Wildman–Crippen MR) is 104 cm³/mol. The molecule has 3 aliphatic heterocycles. The van der Waals surface area contributed by atoms with Crippen molar-refractivity contribution in [1.82, 2.24) is 0 Å². The summed E-state index contributed by atoms with van der Waals surface area (Å²) in [6, 6.07) is 0. The van der Waals surface area contributed by atoms with Crippen LogP contribution in [-0.4, -0.2) is 157 Å². The molecule has 0 aliphatic carbocycles. The fourth-order valence-corrected chi connectivity index (χ4v) is 4.27. The van der Waals surface area contributed by atoms with Gasteiger partial charge < -0.3 is 74.7 Å². The van der Waals surface area contributed by atoms with Gasteiger partial charge in [-0.2, -0.15) is 0 Å². The van der Waals surface area contributed by atoms with E-state index < -0.39 is 112 Å². The first-order valence-corrected chi connectivity index (χ1v) is 10.9. The highest BCUT2D eigenvalue weighted by atomic mass is 16.7. The SMILES string of the molecule is CC1C(CO)OC(OC2C(CO)OC(OC3C(CO)OC(O)C(O)C3O)C(O)C2O)C(O)C1O. The molecule has 0 aromatic heterocycles. The molecule has 3 heterocycles. The predicted octanol–water partition coefficient (Wildman–Crippen LogP) is -6.30. The summed E-state index contributed by atoms with van der Waals surface area (Å²) in [4.78, 5) is 0. The third-order valence-corrected chi connectivity index (χ3v) is 6.49. The van der Waals surface area contributed by atoms with E-state index in [-0.39, 0.29) is 0 Å². The number of aliphatic hydroxyl groups excluding tert-OH is 10. The monoisotopic (exact) mass is 502 g/mol. The number of hydrogen-bond acceptors (Lipinski definition) is 15. The van der Waals surface area contributed by atoms with Gasteiger partial charge in [-0.25, -0.2) is 0 Å².